The van der Waals surface area contributed by atoms with Gasteiger partial charge in [-0.25, -0.2) is 9.78 Å². The lowest BCUT2D eigenvalue weighted by atomic mass is 10.2. The molecule has 0 amide bonds. The monoisotopic (exact) mass is 362 g/mol. The summed E-state index contributed by atoms with van der Waals surface area (Å²) in [5.74, 6) is -1.06. The number of alkyl halides is 2. The Labute approximate surface area is 145 Å². The highest BCUT2D eigenvalue weighted by atomic mass is 19.3. The van der Waals surface area contributed by atoms with E-state index >= 15 is 0 Å². The first-order chi connectivity index (χ1) is 12.4. The molecule has 134 valence electrons. The van der Waals surface area contributed by atoms with E-state index in [0.29, 0.717) is 10.1 Å². The summed E-state index contributed by atoms with van der Waals surface area (Å²) in [6.45, 7) is -3.38. The molecule has 8 nitrogen and oxygen atoms in total. The molecule has 2 N–H and O–H groups in total. The Bertz CT molecular complexity index is 1000. The molecular weight excluding hydrogens is 350 g/mol. The SMILES string of the molecule is Nc1ccc(C(=O)OCc2nc3ccccc3n2C(F)F)cc1[N+](=O)[O-]. The van der Waals surface area contributed by atoms with E-state index in [4.69, 9.17) is 10.5 Å². The first kappa shape index (κ1) is 17.3. The topological polar surface area (TPSA) is 113 Å². The van der Waals surface area contributed by atoms with Gasteiger partial charge in [-0.1, -0.05) is 12.1 Å². The zero-order valence-corrected chi connectivity index (χ0v) is 13.1. The van der Waals surface area contributed by atoms with Crippen molar-refractivity contribution < 1.29 is 23.2 Å². The fourth-order valence-electron chi connectivity index (χ4n) is 2.46. The molecule has 0 radical (unpaired) electrons. The number of nitrogens with two attached hydrogens (primary N) is 1. The number of aromatic nitrogens is 2. The number of esters is 1. The maximum absolute atomic E-state index is 13.3. The molecule has 0 unspecified atom stereocenters. The van der Waals surface area contributed by atoms with Crippen LogP contribution >= 0.6 is 0 Å². The van der Waals surface area contributed by atoms with Gasteiger partial charge >= 0.3 is 12.5 Å². The molecule has 0 atom stereocenters. The lowest BCUT2D eigenvalue weighted by Gasteiger charge is -2.09. The van der Waals surface area contributed by atoms with Crippen molar-refractivity contribution in [2.24, 2.45) is 0 Å². The number of carbonyl (C=O) groups excluding carboxylic acids is 1. The molecule has 0 spiro atoms. The summed E-state index contributed by atoms with van der Waals surface area (Å²) in [4.78, 5) is 26.3. The predicted octanol–water partition coefficient (Wildman–Crippen LogP) is 3.28. The van der Waals surface area contributed by atoms with Crippen LogP contribution in [0.15, 0.2) is 42.5 Å². The highest BCUT2D eigenvalue weighted by molar-refractivity contribution is 5.91. The van der Waals surface area contributed by atoms with E-state index in [1.54, 1.807) is 18.2 Å². The van der Waals surface area contributed by atoms with E-state index < -0.39 is 29.7 Å². The third-order valence-electron chi connectivity index (χ3n) is 3.66. The number of nitro benzene ring substituents is 1. The minimum atomic E-state index is -2.87. The van der Waals surface area contributed by atoms with Crippen LogP contribution in [0, 0.1) is 10.1 Å². The van der Waals surface area contributed by atoms with E-state index in [-0.39, 0.29) is 22.6 Å². The number of rotatable bonds is 5. The fourth-order valence-corrected chi connectivity index (χ4v) is 2.46. The molecule has 0 bridgehead atoms. The van der Waals surface area contributed by atoms with Crippen LogP contribution in [0.5, 0.6) is 0 Å². The van der Waals surface area contributed by atoms with Crippen LogP contribution in [0.2, 0.25) is 0 Å². The lowest BCUT2D eigenvalue weighted by Crippen LogP contribution is -2.11. The number of hydrogen-bond acceptors (Lipinski definition) is 6. The zero-order valence-electron chi connectivity index (χ0n) is 13.1. The standard InChI is InChI=1S/C16H12F2N4O4/c17-16(18)21-12-4-2-1-3-11(12)20-14(21)8-26-15(23)9-5-6-10(19)13(7-9)22(24)25/h1-7,16H,8,19H2. The average molecular weight is 362 g/mol. The van der Waals surface area contributed by atoms with E-state index in [9.17, 15) is 23.7 Å². The van der Waals surface area contributed by atoms with Crippen LogP contribution in [0.25, 0.3) is 11.0 Å². The number of halogens is 2. The molecule has 0 saturated heterocycles. The molecule has 0 aliphatic rings. The van der Waals surface area contributed by atoms with Crippen LogP contribution in [0.1, 0.15) is 22.7 Å². The average Bonchev–Trinajstić information content (AvgIpc) is 2.98. The van der Waals surface area contributed by atoms with Crippen molar-refractivity contribution in [2.75, 3.05) is 5.73 Å². The second-order valence-corrected chi connectivity index (χ2v) is 5.27. The van der Waals surface area contributed by atoms with Crippen LogP contribution in [-0.4, -0.2) is 20.4 Å². The number of anilines is 1. The van der Waals surface area contributed by atoms with Crippen LogP contribution in [0.3, 0.4) is 0 Å². The van der Waals surface area contributed by atoms with Gasteiger partial charge in [0.05, 0.1) is 21.5 Å². The Kier molecular flexibility index (Phi) is 4.48. The van der Waals surface area contributed by atoms with Gasteiger partial charge in [-0.3, -0.25) is 14.7 Å². The third kappa shape index (κ3) is 3.16. The Balaban J connectivity index is 1.84. The quantitative estimate of drug-likeness (QED) is 0.322. The lowest BCUT2D eigenvalue weighted by molar-refractivity contribution is -0.383. The van der Waals surface area contributed by atoms with Crippen molar-refractivity contribution in [1.29, 1.82) is 0 Å². The van der Waals surface area contributed by atoms with Crippen molar-refractivity contribution in [3.05, 3.63) is 64.0 Å². The number of carbonyl (C=O) groups is 1. The van der Waals surface area contributed by atoms with Gasteiger partial charge in [0.15, 0.2) is 5.82 Å². The Morgan fingerprint density at radius 3 is 2.73 bits per heavy atom. The third-order valence-corrected chi connectivity index (χ3v) is 3.66. The summed E-state index contributed by atoms with van der Waals surface area (Å²) >= 11 is 0. The van der Waals surface area contributed by atoms with E-state index in [1.165, 1.54) is 18.2 Å². The summed E-state index contributed by atoms with van der Waals surface area (Å²) in [6.07, 6.45) is 0. The van der Waals surface area contributed by atoms with Crippen molar-refractivity contribution in [2.45, 2.75) is 13.2 Å². The largest absolute Gasteiger partial charge is 0.454 e. The molecule has 10 heteroatoms. The Morgan fingerprint density at radius 1 is 1.31 bits per heavy atom. The Hall–Kier alpha value is -3.56. The molecule has 0 aliphatic carbocycles. The maximum atomic E-state index is 13.3. The first-order valence-electron chi connectivity index (χ1n) is 7.33. The summed E-state index contributed by atoms with van der Waals surface area (Å²) in [5.41, 5.74) is 5.33. The molecule has 0 fully saturated rings. The molecule has 0 saturated carbocycles. The molecule has 3 rings (SSSR count). The second kappa shape index (κ2) is 6.75. The number of imidazole rings is 1. The zero-order chi connectivity index (χ0) is 18.8. The highest BCUT2D eigenvalue weighted by Crippen LogP contribution is 2.25. The van der Waals surface area contributed by atoms with Crippen molar-refractivity contribution in [1.82, 2.24) is 9.55 Å². The van der Waals surface area contributed by atoms with Gasteiger partial charge < -0.3 is 10.5 Å². The molecule has 1 heterocycles. The molecule has 26 heavy (non-hydrogen) atoms. The molecule has 3 aromatic rings. The second-order valence-electron chi connectivity index (χ2n) is 5.27. The van der Waals surface area contributed by atoms with E-state index in [2.05, 4.69) is 4.98 Å². The van der Waals surface area contributed by atoms with Gasteiger partial charge in [0.25, 0.3) is 5.69 Å². The molecular formula is C16H12F2N4O4. The minimum absolute atomic E-state index is 0.106. The number of nitrogen functional groups attached to an aromatic ring is 1. The predicted molar refractivity (Wildman–Crippen MR) is 87.6 cm³/mol. The summed E-state index contributed by atoms with van der Waals surface area (Å²) in [5, 5.41) is 10.9. The first-order valence-corrected chi connectivity index (χ1v) is 7.33. The number of nitrogens with zero attached hydrogens (tertiary/aromatic N) is 3. The summed E-state index contributed by atoms with van der Waals surface area (Å²) in [6, 6.07) is 9.68. The summed E-state index contributed by atoms with van der Waals surface area (Å²) < 4.78 is 32.3. The number of benzene rings is 2. The van der Waals surface area contributed by atoms with Crippen molar-refractivity contribution in [3.63, 3.8) is 0 Å². The van der Waals surface area contributed by atoms with Crippen LogP contribution in [0.4, 0.5) is 20.2 Å². The van der Waals surface area contributed by atoms with Gasteiger partial charge in [-0.15, -0.1) is 0 Å². The van der Waals surface area contributed by atoms with Crippen molar-refractivity contribution >= 4 is 28.4 Å². The van der Waals surface area contributed by atoms with Gasteiger partial charge in [0.1, 0.15) is 12.3 Å². The number of fused-ring (bicyclic) bond motifs is 1. The molecule has 1 aromatic heterocycles. The van der Waals surface area contributed by atoms with Crippen LogP contribution < -0.4 is 5.73 Å². The number of hydrogen-bond donors (Lipinski definition) is 1. The maximum Gasteiger partial charge on any atom is 0.338 e. The fraction of sp³-hybridized carbons (Fsp3) is 0.125. The smallest absolute Gasteiger partial charge is 0.338 e. The summed E-state index contributed by atoms with van der Waals surface area (Å²) in [7, 11) is 0. The molecule has 0 aliphatic heterocycles. The van der Waals surface area contributed by atoms with E-state index in [1.807, 2.05) is 0 Å². The highest BCUT2D eigenvalue weighted by Gasteiger charge is 2.20. The van der Waals surface area contributed by atoms with Gasteiger partial charge in [0.2, 0.25) is 0 Å². The van der Waals surface area contributed by atoms with Crippen LogP contribution in [-0.2, 0) is 11.3 Å². The van der Waals surface area contributed by atoms with E-state index in [0.717, 1.165) is 6.07 Å². The van der Waals surface area contributed by atoms with Gasteiger partial charge in [0, 0.05) is 6.07 Å². The Morgan fingerprint density at radius 2 is 2.04 bits per heavy atom. The van der Waals surface area contributed by atoms with Crippen molar-refractivity contribution in [3.8, 4) is 0 Å². The minimum Gasteiger partial charge on any atom is -0.454 e. The number of nitro groups is 1. The van der Waals surface area contributed by atoms with Gasteiger partial charge in [-0.2, -0.15) is 8.78 Å². The van der Waals surface area contributed by atoms with Gasteiger partial charge in [-0.05, 0) is 24.3 Å². The number of ether oxygens (including phenoxy) is 1. The molecule has 2 aromatic carbocycles. The normalized spacial score (nSPS) is 11.0. The number of para-hydroxylation sites is 2.